The molecule has 0 heterocycles. The van der Waals surface area contributed by atoms with E-state index in [9.17, 15) is 33.6 Å². The summed E-state index contributed by atoms with van der Waals surface area (Å²) in [5, 5.41) is 12.9. The summed E-state index contributed by atoms with van der Waals surface area (Å²) in [6.45, 7) is 3.96. The average Bonchev–Trinajstić information content (AvgIpc) is 3.26. The van der Waals surface area contributed by atoms with Crippen molar-refractivity contribution in [1.82, 2.24) is 30.7 Å². The van der Waals surface area contributed by atoms with Gasteiger partial charge in [-0.2, -0.15) is 0 Å². The first-order valence-electron chi connectivity index (χ1n) is 20.1. The predicted octanol–water partition coefficient (Wildman–Crippen LogP) is 1.89. The number of esters is 4. The maximum absolute atomic E-state index is 13.2. The van der Waals surface area contributed by atoms with Gasteiger partial charge in [-0.3, -0.25) is 33.6 Å². The van der Waals surface area contributed by atoms with Crippen molar-refractivity contribution in [3.05, 3.63) is 60.2 Å². The Morgan fingerprint density at radius 3 is 1.17 bits per heavy atom. The molecule has 0 spiro atoms. The lowest BCUT2D eigenvalue weighted by Gasteiger charge is -2.24. The molecule has 3 rings (SSSR count). The van der Waals surface area contributed by atoms with Crippen LogP contribution in [0, 0.1) is 0 Å². The molecular weight excluding hydrogens is 777 g/mol. The third-order valence-corrected chi connectivity index (χ3v) is 9.93. The average molecular weight is 837 g/mol. The molecule has 0 saturated carbocycles. The molecule has 0 saturated heterocycles. The molecule has 3 amide bonds. The topological polar surface area (TPSA) is 202 Å². The molecule has 0 aromatic heterocycles. The molecular formula is C43H60N6O11. The Morgan fingerprint density at radius 2 is 0.767 bits per heavy atom. The van der Waals surface area contributed by atoms with Gasteiger partial charge in [0, 0.05) is 96.9 Å². The van der Waals surface area contributed by atoms with Gasteiger partial charge in [0.15, 0.2) is 0 Å². The first kappa shape index (κ1) is 48.7. The fourth-order valence-corrected chi connectivity index (χ4v) is 6.33. The third kappa shape index (κ3) is 18.5. The van der Waals surface area contributed by atoms with Gasteiger partial charge in [-0.25, -0.2) is 0 Å². The lowest BCUT2D eigenvalue weighted by Crippen LogP contribution is -2.41. The van der Waals surface area contributed by atoms with Gasteiger partial charge < -0.3 is 49.6 Å². The van der Waals surface area contributed by atoms with E-state index < -0.39 is 0 Å². The Kier molecular flexibility index (Phi) is 22.1. The van der Waals surface area contributed by atoms with E-state index in [-0.39, 0.29) is 99.8 Å². The summed E-state index contributed by atoms with van der Waals surface area (Å²) in [4.78, 5) is 91.7. The largest absolute Gasteiger partial charge is 0.469 e. The molecule has 0 aliphatic heterocycles. The maximum atomic E-state index is 13.2. The van der Waals surface area contributed by atoms with Crippen LogP contribution in [0.1, 0.15) is 48.9 Å². The number of ether oxygens (including phenoxy) is 4. The van der Waals surface area contributed by atoms with Crippen LogP contribution in [-0.2, 0) is 47.7 Å². The Balaban J connectivity index is 1.57. The first-order valence-corrected chi connectivity index (χ1v) is 20.1. The van der Waals surface area contributed by atoms with Gasteiger partial charge in [0.05, 0.1) is 54.1 Å². The molecule has 0 fully saturated rings. The molecule has 0 radical (unpaired) electrons. The number of amides is 3. The number of nitrogens with zero attached hydrogens (tertiary/aromatic N) is 3. The lowest BCUT2D eigenvalue weighted by molar-refractivity contribution is -0.142. The highest BCUT2D eigenvalue weighted by Gasteiger charge is 2.16. The highest BCUT2D eigenvalue weighted by atomic mass is 16.5. The molecule has 328 valence electrons. The zero-order chi connectivity index (χ0) is 43.7. The van der Waals surface area contributed by atoms with E-state index in [0.29, 0.717) is 64.5 Å². The third-order valence-electron chi connectivity index (χ3n) is 9.93. The van der Waals surface area contributed by atoms with Crippen LogP contribution in [0.25, 0.3) is 21.5 Å². The summed E-state index contributed by atoms with van der Waals surface area (Å²) in [7, 11) is 5.22. The van der Waals surface area contributed by atoms with E-state index in [4.69, 9.17) is 18.9 Å². The smallest absolute Gasteiger partial charge is 0.306 e. The minimum absolute atomic E-state index is 0.119. The monoisotopic (exact) mass is 836 g/mol. The number of hydrogen-bond donors (Lipinski definition) is 3. The van der Waals surface area contributed by atoms with Gasteiger partial charge in [-0.05, 0) is 45.8 Å². The molecule has 0 aliphatic carbocycles. The summed E-state index contributed by atoms with van der Waals surface area (Å²) >= 11 is 0. The summed E-state index contributed by atoms with van der Waals surface area (Å²) < 4.78 is 18.9. The molecule has 3 aromatic carbocycles. The lowest BCUT2D eigenvalue weighted by atomic mass is 10.0. The van der Waals surface area contributed by atoms with Gasteiger partial charge in [0.25, 0.3) is 5.91 Å². The number of fused-ring (bicyclic) bond motifs is 2. The molecule has 0 aliphatic rings. The fourth-order valence-electron chi connectivity index (χ4n) is 6.33. The molecule has 60 heavy (non-hydrogen) atoms. The number of rotatable bonds is 28. The number of benzene rings is 3. The van der Waals surface area contributed by atoms with E-state index >= 15 is 0 Å². The van der Waals surface area contributed by atoms with Crippen LogP contribution >= 0.6 is 0 Å². The molecule has 17 nitrogen and oxygen atoms in total. The second-order valence-electron chi connectivity index (χ2n) is 14.0. The second kappa shape index (κ2) is 27.2. The van der Waals surface area contributed by atoms with Crippen molar-refractivity contribution in [1.29, 1.82) is 0 Å². The van der Waals surface area contributed by atoms with Gasteiger partial charge in [0.1, 0.15) is 0 Å². The highest BCUT2D eigenvalue weighted by Crippen LogP contribution is 2.23. The van der Waals surface area contributed by atoms with Crippen molar-refractivity contribution >= 4 is 63.1 Å². The van der Waals surface area contributed by atoms with E-state index in [2.05, 4.69) is 28.1 Å². The zero-order valence-corrected chi connectivity index (χ0v) is 35.3. The van der Waals surface area contributed by atoms with Gasteiger partial charge in [-0.1, -0.05) is 30.3 Å². The second-order valence-corrected chi connectivity index (χ2v) is 14.0. The van der Waals surface area contributed by atoms with E-state index in [1.165, 1.54) is 28.4 Å². The number of methoxy groups -OCH3 is 4. The van der Waals surface area contributed by atoms with Crippen molar-refractivity contribution in [3.8, 4) is 0 Å². The highest BCUT2D eigenvalue weighted by molar-refractivity contribution is 6.03. The zero-order valence-electron chi connectivity index (χ0n) is 35.3. The number of carbonyl (C=O) groups is 7. The van der Waals surface area contributed by atoms with E-state index in [1.807, 2.05) is 51.1 Å². The predicted molar refractivity (Wildman–Crippen MR) is 225 cm³/mol. The van der Waals surface area contributed by atoms with Crippen LogP contribution < -0.4 is 16.0 Å². The standard InChI is InChI=1S/C43H60N6O11/c1-57-39(52)13-22-48(23-14-40(53)58-2)26-17-44-37(50)11-20-47(21-12-38(51)45-18-27-49(24-15-41(54)59-3)25-16-42(55)60-4)28-19-46-43(56)35-10-9-34-29-32-7-5-6-8-33(32)30-36(34)31-35/h5-10,29-31H,11-28H2,1-4H3,(H,44,50)(H,45,51)(H,46,56). The molecule has 0 bridgehead atoms. The van der Waals surface area contributed by atoms with Crippen LogP contribution in [0.3, 0.4) is 0 Å². The van der Waals surface area contributed by atoms with E-state index in [1.54, 1.807) is 6.07 Å². The van der Waals surface area contributed by atoms with Gasteiger partial charge in [-0.15, -0.1) is 0 Å². The summed E-state index contributed by atoms with van der Waals surface area (Å²) in [6.07, 6.45) is 0.761. The first-order chi connectivity index (χ1) is 28.9. The Morgan fingerprint density at radius 1 is 0.417 bits per heavy atom. The Bertz CT molecular complexity index is 1780. The Labute approximate surface area is 351 Å². The van der Waals surface area contributed by atoms with Gasteiger partial charge >= 0.3 is 23.9 Å². The normalized spacial score (nSPS) is 11.1. The minimum Gasteiger partial charge on any atom is -0.469 e. The number of carbonyl (C=O) groups excluding carboxylic acids is 7. The van der Waals surface area contributed by atoms with Crippen molar-refractivity contribution in [2.75, 3.05) is 107 Å². The minimum atomic E-state index is -0.383. The molecule has 17 heteroatoms. The van der Waals surface area contributed by atoms with Crippen molar-refractivity contribution in [3.63, 3.8) is 0 Å². The maximum Gasteiger partial charge on any atom is 0.306 e. The van der Waals surface area contributed by atoms with Crippen molar-refractivity contribution in [2.45, 2.75) is 38.5 Å². The molecule has 3 N–H and O–H groups in total. The molecule has 3 aromatic rings. The quantitative estimate of drug-likeness (QED) is 0.0544. The van der Waals surface area contributed by atoms with Crippen molar-refractivity contribution in [2.24, 2.45) is 0 Å². The number of hydrogen-bond acceptors (Lipinski definition) is 14. The fraction of sp³-hybridized carbons (Fsp3) is 0.512. The van der Waals surface area contributed by atoms with Crippen molar-refractivity contribution < 1.29 is 52.5 Å². The summed E-state index contributed by atoms with van der Waals surface area (Å²) in [5.74, 6) is -2.22. The van der Waals surface area contributed by atoms with Crippen LogP contribution in [0.15, 0.2) is 54.6 Å². The van der Waals surface area contributed by atoms with Crippen LogP contribution in [0.5, 0.6) is 0 Å². The van der Waals surface area contributed by atoms with Crippen LogP contribution in [-0.4, -0.2) is 163 Å². The number of nitrogens with one attached hydrogen (secondary N) is 3. The Hall–Kier alpha value is -5.65. The summed E-state index contributed by atoms with van der Waals surface area (Å²) in [6, 6.07) is 17.8. The van der Waals surface area contributed by atoms with Crippen LogP contribution in [0.2, 0.25) is 0 Å². The molecule has 0 atom stereocenters. The van der Waals surface area contributed by atoms with E-state index in [0.717, 1.165) is 21.5 Å². The van der Waals surface area contributed by atoms with Crippen LogP contribution in [0.4, 0.5) is 0 Å². The molecule has 0 unspecified atom stereocenters. The van der Waals surface area contributed by atoms with Gasteiger partial charge in [0.2, 0.25) is 11.8 Å². The SMILES string of the molecule is COC(=O)CCN(CCNC(=O)CCN(CCNC(=O)c1ccc2cc3ccccc3cc2c1)CCC(=O)NCCN(CCC(=O)OC)CCC(=O)OC)CCC(=O)OC. The summed E-state index contributed by atoms with van der Waals surface area (Å²) in [5.41, 5.74) is 0.516.